The van der Waals surface area contributed by atoms with E-state index < -0.39 is 28.8 Å². The van der Waals surface area contributed by atoms with Crippen molar-refractivity contribution >= 4 is 28.9 Å². The van der Waals surface area contributed by atoms with Gasteiger partial charge in [0.1, 0.15) is 11.6 Å². The van der Waals surface area contributed by atoms with Crippen LogP contribution in [0.2, 0.25) is 0 Å². The fourth-order valence-electron chi connectivity index (χ4n) is 3.41. The molecule has 10 nitrogen and oxygen atoms in total. The zero-order chi connectivity index (χ0) is 20.7. The summed E-state index contributed by atoms with van der Waals surface area (Å²) in [5.74, 6) is -1.21. The highest BCUT2D eigenvalue weighted by molar-refractivity contribution is 6.32. The number of benzene rings is 2. The maximum absolute atomic E-state index is 13.1. The van der Waals surface area contributed by atoms with E-state index in [4.69, 9.17) is 14.3 Å². The Hall–Kier alpha value is -3.95. The van der Waals surface area contributed by atoms with Crippen molar-refractivity contribution in [2.45, 2.75) is 6.10 Å². The molecule has 2 aliphatic heterocycles. The molecule has 1 fully saturated rings. The van der Waals surface area contributed by atoms with Gasteiger partial charge in [-0.2, -0.15) is 0 Å². The third-order valence-electron chi connectivity index (χ3n) is 4.79. The van der Waals surface area contributed by atoms with E-state index in [0.717, 1.165) is 4.90 Å². The third-order valence-corrected chi connectivity index (χ3v) is 4.79. The fraction of sp³-hybridized carbons (Fsp3) is 0.211. The number of rotatable bonds is 5. The van der Waals surface area contributed by atoms with Crippen LogP contribution in [0.25, 0.3) is 0 Å². The number of nitro benzene ring substituents is 1. The molecule has 2 aromatic rings. The summed E-state index contributed by atoms with van der Waals surface area (Å²) in [7, 11) is 2.98. The Kier molecular flexibility index (Phi) is 4.38. The average Bonchev–Trinajstić information content (AvgIpc) is 3.27. The molecule has 2 amide bonds. The summed E-state index contributed by atoms with van der Waals surface area (Å²) in [6.45, 7) is 0. The molecule has 4 rings (SSSR count). The standard InChI is InChI=1S/C19H15N3O7/c1-27-13-7-6-10(8-14(13)28-2)16-15-17(29-20-16)19(24)21(18(15)23)11-4-3-5-12(9-11)22(25)26/h3-9,15,17H,1-2H3/t15-,17-/m0/s1. The van der Waals surface area contributed by atoms with Gasteiger partial charge in [-0.3, -0.25) is 19.7 Å². The summed E-state index contributed by atoms with van der Waals surface area (Å²) < 4.78 is 10.5. The van der Waals surface area contributed by atoms with Crippen LogP contribution in [0.5, 0.6) is 11.5 Å². The monoisotopic (exact) mass is 397 g/mol. The van der Waals surface area contributed by atoms with E-state index in [0.29, 0.717) is 17.1 Å². The van der Waals surface area contributed by atoms with Crippen molar-refractivity contribution in [1.82, 2.24) is 0 Å². The number of ether oxygens (including phenoxy) is 2. The average molecular weight is 397 g/mol. The lowest BCUT2D eigenvalue weighted by atomic mass is 9.94. The van der Waals surface area contributed by atoms with E-state index in [-0.39, 0.29) is 17.1 Å². The van der Waals surface area contributed by atoms with Gasteiger partial charge >= 0.3 is 0 Å². The molecule has 148 valence electrons. The van der Waals surface area contributed by atoms with Crippen LogP contribution in [0.15, 0.2) is 47.6 Å². The highest BCUT2D eigenvalue weighted by Gasteiger charge is 2.56. The SMILES string of the molecule is COc1ccc(C2=NO[C@@H]3C(=O)N(c4cccc([N+](=O)[O-])c4)C(=O)[C@@H]23)cc1OC. The van der Waals surface area contributed by atoms with Crippen molar-refractivity contribution < 1.29 is 28.8 Å². The van der Waals surface area contributed by atoms with Gasteiger partial charge in [0.05, 0.1) is 24.8 Å². The smallest absolute Gasteiger partial charge is 0.278 e. The predicted molar refractivity (Wildman–Crippen MR) is 100 cm³/mol. The number of non-ortho nitro benzene ring substituents is 1. The number of imide groups is 1. The van der Waals surface area contributed by atoms with Crippen LogP contribution in [-0.4, -0.2) is 42.8 Å². The van der Waals surface area contributed by atoms with E-state index in [2.05, 4.69) is 5.16 Å². The molecule has 2 atom stereocenters. The number of fused-ring (bicyclic) bond motifs is 1. The van der Waals surface area contributed by atoms with Crippen molar-refractivity contribution in [2.24, 2.45) is 11.1 Å². The largest absolute Gasteiger partial charge is 0.493 e. The fourth-order valence-corrected chi connectivity index (χ4v) is 3.41. The Morgan fingerprint density at radius 3 is 2.52 bits per heavy atom. The second kappa shape index (κ2) is 6.89. The van der Waals surface area contributed by atoms with Crippen LogP contribution in [0, 0.1) is 16.0 Å². The Labute approximate surface area is 164 Å². The van der Waals surface area contributed by atoms with E-state index in [9.17, 15) is 19.7 Å². The van der Waals surface area contributed by atoms with Gasteiger partial charge < -0.3 is 14.3 Å². The van der Waals surface area contributed by atoms with E-state index >= 15 is 0 Å². The number of nitro groups is 1. The molecule has 1 saturated heterocycles. The first-order valence-electron chi connectivity index (χ1n) is 8.54. The lowest BCUT2D eigenvalue weighted by Crippen LogP contribution is -2.33. The van der Waals surface area contributed by atoms with Gasteiger partial charge in [0.2, 0.25) is 12.0 Å². The number of carbonyl (C=O) groups is 2. The highest BCUT2D eigenvalue weighted by Crippen LogP contribution is 2.37. The van der Waals surface area contributed by atoms with E-state index in [1.807, 2.05) is 0 Å². The normalized spacial score (nSPS) is 20.2. The van der Waals surface area contributed by atoms with Gasteiger partial charge in [-0.05, 0) is 24.3 Å². The van der Waals surface area contributed by atoms with Gasteiger partial charge in [-0.15, -0.1) is 0 Å². The number of hydrogen-bond donors (Lipinski definition) is 0. The van der Waals surface area contributed by atoms with Gasteiger partial charge in [0.25, 0.3) is 11.6 Å². The molecule has 2 aliphatic rings. The number of nitrogens with zero attached hydrogens (tertiary/aromatic N) is 3. The van der Waals surface area contributed by atoms with Crippen LogP contribution >= 0.6 is 0 Å². The Morgan fingerprint density at radius 1 is 1.07 bits per heavy atom. The summed E-state index contributed by atoms with van der Waals surface area (Å²) in [5, 5.41) is 15.0. The molecule has 0 aliphatic carbocycles. The lowest BCUT2D eigenvalue weighted by Gasteiger charge is -2.15. The van der Waals surface area contributed by atoms with Crippen LogP contribution < -0.4 is 14.4 Å². The maximum Gasteiger partial charge on any atom is 0.278 e. The number of anilines is 1. The molecule has 0 spiro atoms. The first kappa shape index (κ1) is 18.4. The van der Waals surface area contributed by atoms with Crippen LogP contribution in [0.4, 0.5) is 11.4 Å². The molecule has 0 aromatic heterocycles. The summed E-state index contributed by atoms with van der Waals surface area (Å²) in [6, 6.07) is 10.3. The zero-order valence-corrected chi connectivity index (χ0v) is 15.4. The van der Waals surface area contributed by atoms with Crippen LogP contribution in [-0.2, 0) is 14.4 Å². The number of carbonyl (C=O) groups excluding carboxylic acids is 2. The summed E-state index contributed by atoms with van der Waals surface area (Å²) in [5.41, 5.74) is 0.702. The molecule has 29 heavy (non-hydrogen) atoms. The third kappa shape index (κ3) is 2.85. The van der Waals surface area contributed by atoms with Gasteiger partial charge in [0.15, 0.2) is 11.5 Å². The Balaban J connectivity index is 1.69. The first-order valence-corrected chi connectivity index (χ1v) is 8.54. The van der Waals surface area contributed by atoms with Gasteiger partial charge in [-0.1, -0.05) is 11.2 Å². The second-order valence-electron chi connectivity index (χ2n) is 6.34. The second-order valence-corrected chi connectivity index (χ2v) is 6.34. The molecule has 0 N–H and O–H groups in total. The highest BCUT2D eigenvalue weighted by atomic mass is 16.7. The molecular weight excluding hydrogens is 382 g/mol. The maximum atomic E-state index is 13.1. The van der Waals surface area contributed by atoms with Crippen molar-refractivity contribution in [2.75, 3.05) is 19.1 Å². The molecule has 0 bridgehead atoms. The molecular formula is C19H15N3O7. The van der Waals surface area contributed by atoms with Crippen molar-refractivity contribution in [3.63, 3.8) is 0 Å². The number of amides is 2. The summed E-state index contributed by atoms with van der Waals surface area (Å²) in [6.07, 6.45) is -1.12. The summed E-state index contributed by atoms with van der Waals surface area (Å²) >= 11 is 0. The number of oxime groups is 1. The molecule has 0 radical (unpaired) electrons. The van der Waals surface area contributed by atoms with Crippen LogP contribution in [0.1, 0.15) is 5.56 Å². The number of hydrogen-bond acceptors (Lipinski definition) is 8. The topological polar surface area (TPSA) is 121 Å². The summed E-state index contributed by atoms with van der Waals surface area (Å²) in [4.78, 5) is 42.4. The Morgan fingerprint density at radius 2 is 1.83 bits per heavy atom. The van der Waals surface area contributed by atoms with Crippen molar-refractivity contribution in [3.05, 3.63) is 58.1 Å². The zero-order valence-electron chi connectivity index (χ0n) is 15.4. The van der Waals surface area contributed by atoms with Gasteiger partial charge in [0, 0.05) is 17.7 Å². The van der Waals surface area contributed by atoms with Crippen LogP contribution in [0.3, 0.4) is 0 Å². The number of methoxy groups -OCH3 is 2. The lowest BCUT2D eigenvalue weighted by molar-refractivity contribution is -0.384. The van der Waals surface area contributed by atoms with E-state index in [1.165, 1.54) is 38.5 Å². The molecule has 10 heteroatoms. The minimum absolute atomic E-state index is 0.110. The first-order chi connectivity index (χ1) is 14.0. The van der Waals surface area contributed by atoms with Crippen molar-refractivity contribution in [3.8, 4) is 11.5 Å². The predicted octanol–water partition coefficient (Wildman–Crippen LogP) is 1.90. The molecule has 0 unspecified atom stereocenters. The molecule has 2 heterocycles. The minimum atomic E-state index is -1.12. The van der Waals surface area contributed by atoms with E-state index in [1.54, 1.807) is 18.2 Å². The van der Waals surface area contributed by atoms with Gasteiger partial charge in [-0.25, -0.2) is 4.90 Å². The molecule has 0 saturated carbocycles. The Bertz CT molecular complexity index is 1070. The quantitative estimate of drug-likeness (QED) is 0.429. The van der Waals surface area contributed by atoms with Crippen molar-refractivity contribution in [1.29, 1.82) is 0 Å². The molecule has 2 aromatic carbocycles. The minimum Gasteiger partial charge on any atom is -0.493 e.